The largest absolute Gasteiger partial charge is 0.353 e. The first kappa shape index (κ1) is 7.76. The SMILES string of the molecule is O=C1NCCN[C@H]1c1cccs1. The van der Waals surface area contributed by atoms with Gasteiger partial charge in [-0.2, -0.15) is 0 Å². The van der Waals surface area contributed by atoms with E-state index in [9.17, 15) is 4.79 Å². The molecule has 1 fully saturated rings. The predicted molar refractivity (Wildman–Crippen MR) is 48.1 cm³/mol. The second-order valence-corrected chi connectivity index (χ2v) is 3.67. The standard InChI is InChI=1S/C8H10N2OS/c11-8-7(9-3-4-10-8)6-2-1-5-12-6/h1-2,5,7,9H,3-4H2,(H,10,11)/t7-/m0/s1. The Morgan fingerprint density at radius 3 is 3.08 bits per heavy atom. The molecule has 4 heteroatoms. The Labute approximate surface area is 74.8 Å². The number of rotatable bonds is 1. The molecule has 1 amide bonds. The Balaban J connectivity index is 2.17. The van der Waals surface area contributed by atoms with Gasteiger partial charge in [0.05, 0.1) is 0 Å². The van der Waals surface area contributed by atoms with Crippen LogP contribution in [0.5, 0.6) is 0 Å². The third kappa shape index (κ3) is 1.35. The van der Waals surface area contributed by atoms with E-state index in [2.05, 4.69) is 10.6 Å². The van der Waals surface area contributed by atoms with Crippen molar-refractivity contribution in [1.29, 1.82) is 0 Å². The molecule has 1 saturated heterocycles. The minimum atomic E-state index is -0.126. The summed E-state index contributed by atoms with van der Waals surface area (Å²) in [4.78, 5) is 12.4. The maximum Gasteiger partial charge on any atom is 0.242 e. The quantitative estimate of drug-likeness (QED) is 0.664. The summed E-state index contributed by atoms with van der Waals surface area (Å²) in [5, 5.41) is 7.98. The van der Waals surface area contributed by atoms with E-state index < -0.39 is 0 Å². The first-order valence-electron chi connectivity index (χ1n) is 3.92. The molecule has 0 bridgehead atoms. The van der Waals surface area contributed by atoms with Gasteiger partial charge in [0.25, 0.3) is 0 Å². The maximum atomic E-state index is 11.3. The zero-order valence-electron chi connectivity index (χ0n) is 6.54. The van der Waals surface area contributed by atoms with Crippen molar-refractivity contribution in [2.24, 2.45) is 0 Å². The van der Waals surface area contributed by atoms with E-state index in [1.165, 1.54) is 0 Å². The molecule has 1 aromatic rings. The summed E-state index contributed by atoms with van der Waals surface area (Å²) in [5.41, 5.74) is 0. The van der Waals surface area contributed by atoms with Crippen LogP contribution in [0.1, 0.15) is 10.9 Å². The first-order chi connectivity index (χ1) is 5.88. The molecule has 64 valence electrons. The highest BCUT2D eigenvalue weighted by Gasteiger charge is 2.23. The Kier molecular flexibility index (Phi) is 2.10. The van der Waals surface area contributed by atoms with Gasteiger partial charge in [0, 0.05) is 18.0 Å². The number of carbonyl (C=O) groups excluding carboxylic acids is 1. The minimum Gasteiger partial charge on any atom is -0.353 e. The van der Waals surface area contributed by atoms with E-state index in [1.807, 2.05) is 17.5 Å². The van der Waals surface area contributed by atoms with Crippen LogP contribution in [-0.4, -0.2) is 19.0 Å². The average Bonchev–Trinajstić information content (AvgIpc) is 2.57. The molecule has 3 nitrogen and oxygen atoms in total. The third-order valence-corrected chi connectivity index (χ3v) is 2.80. The van der Waals surface area contributed by atoms with Crippen LogP contribution >= 0.6 is 11.3 Å². The van der Waals surface area contributed by atoms with Crippen LogP contribution in [0.25, 0.3) is 0 Å². The van der Waals surface area contributed by atoms with Crippen LogP contribution in [0.3, 0.4) is 0 Å². The predicted octanol–water partition coefficient (Wildman–Crippen LogP) is 0.509. The van der Waals surface area contributed by atoms with E-state index in [0.717, 1.165) is 18.0 Å². The average molecular weight is 182 g/mol. The van der Waals surface area contributed by atoms with E-state index in [4.69, 9.17) is 0 Å². The third-order valence-electron chi connectivity index (χ3n) is 1.86. The van der Waals surface area contributed by atoms with Crippen LogP contribution in [0, 0.1) is 0 Å². The molecule has 1 aliphatic rings. The molecule has 0 aliphatic carbocycles. The monoisotopic (exact) mass is 182 g/mol. The van der Waals surface area contributed by atoms with Gasteiger partial charge in [0.15, 0.2) is 0 Å². The number of hydrogen-bond acceptors (Lipinski definition) is 3. The lowest BCUT2D eigenvalue weighted by Crippen LogP contribution is -2.46. The first-order valence-corrected chi connectivity index (χ1v) is 4.80. The molecular formula is C8H10N2OS. The molecule has 0 saturated carbocycles. The molecule has 1 aromatic heterocycles. The molecule has 2 rings (SSSR count). The summed E-state index contributed by atoms with van der Waals surface area (Å²) in [5.74, 6) is 0.0868. The zero-order chi connectivity index (χ0) is 8.39. The van der Waals surface area contributed by atoms with Crippen molar-refractivity contribution < 1.29 is 4.79 Å². The second kappa shape index (κ2) is 3.25. The highest BCUT2D eigenvalue weighted by Crippen LogP contribution is 2.19. The normalized spacial score (nSPS) is 23.7. The van der Waals surface area contributed by atoms with Crippen molar-refractivity contribution in [2.45, 2.75) is 6.04 Å². The second-order valence-electron chi connectivity index (χ2n) is 2.69. The van der Waals surface area contributed by atoms with E-state index in [1.54, 1.807) is 11.3 Å². The number of piperazine rings is 1. The van der Waals surface area contributed by atoms with Crippen molar-refractivity contribution in [3.8, 4) is 0 Å². The molecular weight excluding hydrogens is 172 g/mol. The van der Waals surface area contributed by atoms with Crippen molar-refractivity contribution in [3.63, 3.8) is 0 Å². The Bertz CT molecular complexity index is 271. The highest BCUT2D eigenvalue weighted by molar-refractivity contribution is 7.10. The van der Waals surface area contributed by atoms with Gasteiger partial charge in [-0.15, -0.1) is 11.3 Å². The van der Waals surface area contributed by atoms with Gasteiger partial charge in [-0.3, -0.25) is 10.1 Å². The fraction of sp³-hybridized carbons (Fsp3) is 0.375. The fourth-order valence-electron chi connectivity index (χ4n) is 1.28. The van der Waals surface area contributed by atoms with Crippen LogP contribution in [0.4, 0.5) is 0 Å². The number of hydrogen-bond donors (Lipinski definition) is 2. The lowest BCUT2D eigenvalue weighted by molar-refractivity contribution is -0.124. The van der Waals surface area contributed by atoms with Crippen molar-refractivity contribution in [1.82, 2.24) is 10.6 Å². The summed E-state index contributed by atoms with van der Waals surface area (Å²) in [6.45, 7) is 1.59. The molecule has 0 unspecified atom stereocenters. The number of amides is 1. The molecule has 12 heavy (non-hydrogen) atoms. The summed E-state index contributed by atoms with van der Waals surface area (Å²) >= 11 is 1.61. The minimum absolute atomic E-state index is 0.0868. The summed E-state index contributed by atoms with van der Waals surface area (Å²) in [6.07, 6.45) is 0. The number of carbonyl (C=O) groups is 1. The number of nitrogens with one attached hydrogen (secondary N) is 2. The van der Waals surface area contributed by atoms with Crippen molar-refractivity contribution in [2.75, 3.05) is 13.1 Å². The van der Waals surface area contributed by atoms with Crippen molar-refractivity contribution in [3.05, 3.63) is 22.4 Å². The van der Waals surface area contributed by atoms with E-state index in [0.29, 0.717) is 0 Å². The van der Waals surface area contributed by atoms with Crippen molar-refractivity contribution >= 4 is 17.2 Å². The lowest BCUT2D eigenvalue weighted by Gasteiger charge is -2.22. The Morgan fingerprint density at radius 2 is 2.42 bits per heavy atom. The molecule has 0 spiro atoms. The number of thiophene rings is 1. The summed E-state index contributed by atoms with van der Waals surface area (Å²) < 4.78 is 0. The van der Waals surface area contributed by atoms with Gasteiger partial charge in [-0.05, 0) is 11.4 Å². The molecule has 1 atom stereocenters. The molecule has 0 aromatic carbocycles. The van der Waals surface area contributed by atoms with Crippen LogP contribution in [-0.2, 0) is 4.79 Å². The zero-order valence-corrected chi connectivity index (χ0v) is 7.36. The van der Waals surface area contributed by atoms with Gasteiger partial charge < -0.3 is 5.32 Å². The lowest BCUT2D eigenvalue weighted by atomic mass is 10.2. The Hall–Kier alpha value is -0.870. The van der Waals surface area contributed by atoms with Gasteiger partial charge in [-0.25, -0.2) is 0 Å². The van der Waals surface area contributed by atoms with E-state index in [-0.39, 0.29) is 11.9 Å². The highest BCUT2D eigenvalue weighted by atomic mass is 32.1. The van der Waals surface area contributed by atoms with Gasteiger partial charge in [0.2, 0.25) is 5.91 Å². The molecule has 2 N–H and O–H groups in total. The van der Waals surface area contributed by atoms with Gasteiger partial charge in [-0.1, -0.05) is 6.07 Å². The molecule has 1 aliphatic heterocycles. The summed E-state index contributed by atoms with van der Waals surface area (Å²) in [6, 6.07) is 3.82. The smallest absolute Gasteiger partial charge is 0.242 e. The van der Waals surface area contributed by atoms with Crippen LogP contribution in [0.2, 0.25) is 0 Å². The van der Waals surface area contributed by atoms with E-state index >= 15 is 0 Å². The molecule has 0 radical (unpaired) electrons. The fourth-order valence-corrected chi connectivity index (χ4v) is 2.08. The maximum absolute atomic E-state index is 11.3. The van der Waals surface area contributed by atoms with Crippen LogP contribution in [0.15, 0.2) is 17.5 Å². The topological polar surface area (TPSA) is 41.1 Å². The van der Waals surface area contributed by atoms with Gasteiger partial charge >= 0.3 is 0 Å². The van der Waals surface area contributed by atoms with Gasteiger partial charge in [0.1, 0.15) is 6.04 Å². The van der Waals surface area contributed by atoms with Crippen LogP contribution < -0.4 is 10.6 Å². The molecule has 2 heterocycles. The summed E-state index contributed by atoms with van der Waals surface area (Å²) in [7, 11) is 0. The Morgan fingerprint density at radius 1 is 1.50 bits per heavy atom.